The van der Waals surface area contributed by atoms with Crippen molar-refractivity contribution in [2.24, 2.45) is 0 Å². The molecule has 0 aliphatic carbocycles. The number of hydrogen-bond acceptors (Lipinski definition) is 4. The molecule has 6 heteroatoms. The van der Waals surface area contributed by atoms with Crippen molar-refractivity contribution in [1.29, 1.82) is 0 Å². The van der Waals surface area contributed by atoms with Crippen molar-refractivity contribution >= 4 is 16.6 Å². The summed E-state index contributed by atoms with van der Waals surface area (Å²) in [6.07, 6.45) is 0. The number of benzene rings is 2. The van der Waals surface area contributed by atoms with E-state index in [0.29, 0.717) is 17.6 Å². The van der Waals surface area contributed by atoms with Crippen LogP contribution in [0, 0.1) is 17.0 Å². The fourth-order valence-electron chi connectivity index (χ4n) is 2.58. The maximum absolute atomic E-state index is 11.2. The molecule has 0 N–H and O–H groups in total. The van der Waals surface area contributed by atoms with Crippen LogP contribution in [0.1, 0.15) is 11.3 Å². The summed E-state index contributed by atoms with van der Waals surface area (Å²) >= 11 is 0. The highest BCUT2D eigenvalue weighted by atomic mass is 16.6. The number of ether oxygens (including phenoxy) is 1. The molecule has 0 fully saturated rings. The number of rotatable bonds is 4. The van der Waals surface area contributed by atoms with Crippen LogP contribution in [-0.2, 0) is 6.54 Å². The van der Waals surface area contributed by atoms with Gasteiger partial charge in [-0.15, -0.1) is 0 Å². The van der Waals surface area contributed by atoms with Crippen molar-refractivity contribution < 1.29 is 9.66 Å². The Hall–Kier alpha value is -2.89. The lowest BCUT2D eigenvalue weighted by atomic mass is 10.1. The van der Waals surface area contributed by atoms with Gasteiger partial charge in [0.2, 0.25) is 0 Å². The van der Waals surface area contributed by atoms with Gasteiger partial charge in [0.25, 0.3) is 5.69 Å². The second-order valence-corrected chi connectivity index (χ2v) is 5.02. The first-order chi connectivity index (χ1) is 10.6. The number of nitro groups is 1. The summed E-state index contributed by atoms with van der Waals surface area (Å²) in [5, 5.41) is 16.2. The zero-order valence-corrected chi connectivity index (χ0v) is 12.3. The topological polar surface area (TPSA) is 70.2 Å². The molecule has 0 aliphatic rings. The molecule has 2 aromatic carbocycles. The standard InChI is InChI=1S/C16H15N3O3/c1-11-16-14(4-3-5-15(16)19(20)21)18(17-11)10-12-6-8-13(22-2)9-7-12/h3-9H,10H2,1-2H3. The smallest absolute Gasteiger partial charge is 0.280 e. The molecule has 0 aliphatic heterocycles. The lowest BCUT2D eigenvalue weighted by Gasteiger charge is -2.05. The van der Waals surface area contributed by atoms with Gasteiger partial charge in [-0.2, -0.15) is 5.10 Å². The number of aryl methyl sites for hydroxylation is 1. The van der Waals surface area contributed by atoms with E-state index in [-0.39, 0.29) is 10.6 Å². The van der Waals surface area contributed by atoms with E-state index in [1.54, 1.807) is 24.8 Å². The SMILES string of the molecule is COc1ccc(Cn2nc(C)c3c([N+](=O)[O-])cccc32)cc1. The average molecular weight is 297 g/mol. The Balaban J connectivity index is 2.04. The Labute approximate surface area is 127 Å². The van der Waals surface area contributed by atoms with E-state index < -0.39 is 0 Å². The normalized spacial score (nSPS) is 10.8. The summed E-state index contributed by atoms with van der Waals surface area (Å²) in [4.78, 5) is 10.8. The van der Waals surface area contributed by atoms with Crippen LogP contribution < -0.4 is 4.74 Å². The number of methoxy groups -OCH3 is 1. The number of nitrogens with zero attached hydrogens (tertiary/aromatic N) is 3. The Morgan fingerprint density at radius 3 is 2.59 bits per heavy atom. The van der Waals surface area contributed by atoms with Crippen molar-refractivity contribution in [2.75, 3.05) is 7.11 Å². The highest BCUT2D eigenvalue weighted by molar-refractivity contribution is 5.90. The molecule has 0 atom stereocenters. The second kappa shape index (κ2) is 5.48. The molecule has 3 rings (SSSR count). The molecule has 0 bridgehead atoms. The lowest BCUT2D eigenvalue weighted by Crippen LogP contribution is -2.01. The first-order valence-corrected chi connectivity index (χ1v) is 6.83. The van der Waals surface area contributed by atoms with Crippen LogP contribution in [-0.4, -0.2) is 21.8 Å². The quantitative estimate of drug-likeness (QED) is 0.547. The van der Waals surface area contributed by atoms with Crippen LogP contribution in [0.2, 0.25) is 0 Å². The number of fused-ring (bicyclic) bond motifs is 1. The molecule has 3 aromatic rings. The zero-order chi connectivity index (χ0) is 15.7. The Morgan fingerprint density at radius 2 is 1.95 bits per heavy atom. The van der Waals surface area contributed by atoms with Crippen molar-refractivity contribution in [3.63, 3.8) is 0 Å². The predicted molar refractivity (Wildman–Crippen MR) is 83.2 cm³/mol. The van der Waals surface area contributed by atoms with Crippen LogP contribution >= 0.6 is 0 Å². The minimum atomic E-state index is -0.366. The lowest BCUT2D eigenvalue weighted by molar-refractivity contribution is -0.383. The molecule has 0 amide bonds. The first-order valence-electron chi connectivity index (χ1n) is 6.83. The summed E-state index contributed by atoms with van der Waals surface area (Å²) in [6.45, 7) is 2.34. The van der Waals surface area contributed by atoms with Gasteiger partial charge in [-0.05, 0) is 30.7 Å². The van der Waals surface area contributed by atoms with Crippen LogP contribution in [0.3, 0.4) is 0 Å². The van der Waals surface area contributed by atoms with Crippen LogP contribution in [0.4, 0.5) is 5.69 Å². The minimum absolute atomic E-state index is 0.0935. The van der Waals surface area contributed by atoms with E-state index in [4.69, 9.17) is 4.74 Å². The molecular formula is C16H15N3O3. The third-order valence-corrected chi connectivity index (χ3v) is 3.62. The van der Waals surface area contributed by atoms with Crippen molar-refractivity contribution in [3.8, 4) is 5.75 Å². The molecular weight excluding hydrogens is 282 g/mol. The molecule has 22 heavy (non-hydrogen) atoms. The maximum Gasteiger partial charge on any atom is 0.280 e. The molecule has 112 valence electrons. The van der Waals surface area contributed by atoms with E-state index in [1.165, 1.54) is 6.07 Å². The zero-order valence-electron chi connectivity index (χ0n) is 12.3. The van der Waals surface area contributed by atoms with Gasteiger partial charge in [-0.1, -0.05) is 18.2 Å². The van der Waals surface area contributed by atoms with Gasteiger partial charge in [0.1, 0.15) is 11.1 Å². The van der Waals surface area contributed by atoms with Crippen molar-refractivity contribution in [1.82, 2.24) is 9.78 Å². The molecule has 0 spiro atoms. The monoisotopic (exact) mass is 297 g/mol. The number of aromatic nitrogens is 2. The number of hydrogen-bond donors (Lipinski definition) is 0. The highest BCUT2D eigenvalue weighted by Crippen LogP contribution is 2.28. The minimum Gasteiger partial charge on any atom is -0.497 e. The molecule has 1 heterocycles. The van der Waals surface area contributed by atoms with Crippen LogP contribution in [0.15, 0.2) is 42.5 Å². The average Bonchev–Trinajstić information content (AvgIpc) is 2.84. The van der Waals surface area contributed by atoms with Crippen molar-refractivity contribution in [3.05, 3.63) is 63.8 Å². The van der Waals surface area contributed by atoms with Crippen molar-refractivity contribution in [2.45, 2.75) is 13.5 Å². The Kier molecular flexibility index (Phi) is 3.50. The second-order valence-electron chi connectivity index (χ2n) is 5.02. The van der Waals surface area contributed by atoms with Crippen LogP contribution in [0.5, 0.6) is 5.75 Å². The van der Waals surface area contributed by atoms with Gasteiger partial charge in [0.15, 0.2) is 0 Å². The van der Waals surface area contributed by atoms with E-state index >= 15 is 0 Å². The molecule has 0 radical (unpaired) electrons. The summed E-state index contributed by atoms with van der Waals surface area (Å²) < 4.78 is 6.93. The molecule has 0 unspecified atom stereocenters. The van der Waals surface area contributed by atoms with Gasteiger partial charge in [-0.3, -0.25) is 14.8 Å². The summed E-state index contributed by atoms with van der Waals surface area (Å²) in [5.41, 5.74) is 2.58. The molecule has 0 saturated heterocycles. The van der Waals surface area contributed by atoms with Gasteiger partial charge >= 0.3 is 0 Å². The summed E-state index contributed by atoms with van der Waals surface area (Å²) in [5.74, 6) is 0.792. The Bertz CT molecular complexity index is 838. The van der Waals surface area contributed by atoms with E-state index in [9.17, 15) is 10.1 Å². The molecule has 6 nitrogen and oxygen atoms in total. The summed E-state index contributed by atoms with van der Waals surface area (Å²) in [6, 6.07) is 12.7. The number of nitro benzene ring substituents is 1. The predicted octanol–water partition coefficient (Wildman–Crippen LogP) is 3.31. The highest BCUT2D eigenvalue weighted by Gasteiger charge is 2.18. The summed E-state index contributed by atoms with van der Waals surface area (Å²) in [7, 11) is 1.62. The largest absolute Gasteiger partial charge is 0.497 e. The van der Waals surface area contributed by atoms with Crippen LogP contribution in [0.25, 0.3) is 10.9 Å². The van der Waals surface area contributed by atoms with E-state index in [0.717, 1.165) is 16.8 Å². The van der Waals surface area contributed by atoms with Gasteiger partial charge in [0, 0.05) is 6.07 Å². The third kappa shape index (κ3) is 2.39. The number of non-ortho nitro benzene ring substituents is 1. The third-order valence-electron chi connectivity index (χ3n) is 3.62. The molecule has 1 aromatic heterocycles. The fourth-order valence-corrected chi connectivity index (χ4v) is 2.58. The first kappa shape index (κ1) is 14.1. The van der Waals surface area contributed by atoms with E-state index in [2.05, 4.69) is 5.10 Å². The molecule has 0 saturated carbocycles. The van der Waals surface area contributed by atoms with Gasteiger partial charge < -0.3 is 4.74 Å². The van der Waals surface area contributed by atoms with Gasteiger partial charge in [0.05, 0.1) is 29.8 Å². The van der Waals surface area contributed by atoms with Gasteiger partial charge in [-0.25, -0.2) is 0 Å². The fraction of sp³-hybridized carbons (Fsp3) is 0.188. The van der Waals surface area contributed by atoms with E-state index in [1.807, 2.05) is 30.3 Å². The maximum atomic E-state index is 11.2. The Morgan fingerprint density at radius 1 is 1.23 bits per heavy atom.